The van der Waals surface area contributed by atoms with Crippen LogP contribution >= 0.6 is 27.5 Å². The number of carbonyl (C=O) groups is 2. The molecule has 0 spiro atoms. The molecule has 1 amide bonds. The second-order valence-corrected chi connectivity index (χ2v) is 6.14. The Morgan fingerprint density at radius 1 is 1.47 bits per heavy atom. The number of carbonyl (C=O) groups excluding carboxylic acids is 2. The van der Waals surface area contributed by atoms with Crippen molar-refractivity contribution in [3.05, 3.63) is 27.7 Å². The molecule has 0 saturated carbocycles. The molecule has 1 aromatic rings. The maximum atomic E-state index is 12.1. The number of hydrogen-bond acceptors (Lipinski definition) is 3. The van der Waals surface area contributed by atoms with E-state index < -0.39 is 11.7 Å². The first-order valence-electron chi connectivity index (χ1n) is 5.64. The summed E-state index contributed by atoms with van der Waals surface area (Å²) in [7, 11) is 0. The van der Waals surface area contributed by atoms with Gasteiger partial charge in [0.05, 0.1) is 12.2 Å². The van der Waals surface area contributed by atoms with Crippen molar-refractivity contribution >= 4 is 45.6 Å². The van der Waals surface area contributed by atoms with Gasteiger partial charge in [-0.25, -0.2) is 4.79 Å². The fraction of sp³-hybridized carbons (Fsp3) is 0.385. The van der Waals surface area contributed by atoms with E-state index in [0.717, 1.165) is 0 Å². The summed E-state index contributed by atoms with van der Waals surface area (Å²) in [6, 6.07) is 4.95. The van der Waals surface area contributed by atoms with E-state index in [4.69, 9.17) is 16.3 Å². The van der Waals surface area contributed by atoms with Gasteiger partial charge in [0.25, 0.3) is 0 Å². The average Bonchev–Trinajstić information content (AvgIpc) is 2.24. The maximum absolute atomic E-state index is 12.1. The highest BCUT2D eigenvalue weighted by molar-refractivity contribution is 9.10. The Balaban J connectivity index is 3.06. The number of ether oxygens (including phenoxy) is 1. The molecule has 19 heavy (non-hydrogen) atoms. The van der Waals surface area contributed by atoms with E-state index >= 15 is 0 Å². The highest BCUT2D eigenvalue weighted by Crippen LogP contribution is 2.30. The van der Waals surface area contributed by atoms with Crippen LogP contribution in [0.2, 0.25) is 5.02 Å². The molecule has 0 saturated heterocycles. The van der Waals surface area contributed by atoms with Crippen LogP contribution in [0.1, 0.15) is 20.8 Å². The summed E-state index contributed by atoms with van der Waals surface area (Å²) in [6.07, 6.45) is 0.0629. The molecule has 0 aromatic heterocycles. The third-order valence-corrected chi connectivity index (χ3v) is 2.94. The van der Waals surface area contributed by atoms with Gasteiger partial charge < -0.3 is 9.53 Å². The molecule has 0 aliphatic carbocycles. The quantitative estimate of drug-likeness (QED) is 0.774. The number of halogens is 2. The third-order valence-electron chi connectivity index (χ3n) is 2.07. The van der Waals surface area contributed by atoms with Gasteiger partial charge >= 0.3 is 6.09 Å². The van der Waals surface area contributed by atoms with Gasteiger partial charge in [0.2, 0.25) is 0 Å². The zero-order valence-corrected chi connectivity index (χ0v) is 13.3. The van der Waals surface area contributed by atoms with Gasteiger partial charge in [0.1, 0.15) is 11.9 Å². The summed E-state index contributed by atoms with van der Waals surface area (Å²) in [5.41, 5.74) is -0.0948. The van der Waals surface area contributed by atoms with Crippen LogP contribution in [0.5, 0.6) is 0 Å². The zero-order valence-electron chi connectivity index (χ0n) is 10.9. The van der Waals surface area contributed by atoms with Crippen molar-refractivity contribution in [1.29, 1.82) is 0 Å². The van der Waals surface area contributed by atoms with Crippen LogP contribution in [-0.4, -0.2) is 24.5 Å². The number of amides is 1. The van der Waals surface area contributed by atoms with Crippen molar-refractivity contribution in [2.45, 2.75) is 26.4 Å². The fourth-order valence-electron chi connectivity index (χ4n) is 1.36. The van der Waals surface area contributed by atoms with Gasteiger partial charge in [-0.15, -0.1) is 0 Å². The maximum Gasteiger partial charge on any atom is 0.415 e. The average molecular weight is 349 g/mol. The molecule has 0 radical (unpaired) electrons. The van der Waals surface area contributed by atoms with Gasteiger partial charge in [-0.3, -0.25) is 4.90 Å². The predicted octanol–water partition coefficient (Wildman–Crippen LogP) is 4.04. The first kappa shape index (κ1) is 16.0. The molecule has 0 bridgehead atoms. The van der Waals surface area contributed by atoms with Crippen molar-refractivity contribution < 1.29 is 14.3 Å². The van der Waals surface area contributed by atoms with Crippen molar-refractivity contribution in [1.82, 2.24) is 0 Å². The van der Waals surface area contributed by atoms with Crippen LogP contribution < -0.4 is 4.90 Å². The minimum Gasteiger partial charge on any atom is -0.443 e. The molecule has 1 aromatic carbocycles. The lowest BCUT2D eigenvalue weighted by molar-refractivity contribution is -0.106. The van der Waals surface area contributed by atoms with Crippen LogP contribution in [0.4, 0.5) is 10.5 Å². The van der Waals surface area contributed by atoms with E-state index in [9.17, 15) is 9.59 Å². The lowest BCUT2D eigenvalue weighted by Crippen LogP contribution is -2.38. The topological polar surface area (TPSA) is 46.6 Å². The summed E-state index contributed by atoms with van der Waals surface area (Å²) in [5, 5.41) is 0.533. The number of rotatable bonds is 3. The largest absolute Gasteiger partial charge is 0.443 e. The molecule has 0 aliphatic rings. The van der Waals surface area contributed by atoms with Gasteiger partial charge in [-0.1, -0.05) is 11.6 Å². The van der Waals surface area contributed by atoms with Gasteiger partial charge in [-0.2, -0.15) is 0 Å². The monoisotopic (exact) mass is 347 g/mol. The van der Waals surface area contributed by atoms with E-state index in [1.807, 2.05) is 0 Å². The van der Waals surface area contributed by atoms with Crippen LogP contribution in [-0.2, 0) is 9.53 Å². The smallest absolute Gasteiger partial charge is 0.415 e. The molecule has 104 valence electrons. The normalized spacial score (nSPS) is 11.0. The SMILES string of the molecule is CC(C)(C)OC(=O)N(CC=O)c1ccc(Cl)cc1Br. The zero-order chi connectivity index (χ0) is 14.6. The van der Waals surface area contributed by atoms with Gasteiger partial charge in [0.15, 0.2) is 0 Å². The number of benzene rings is 1. The van der Waals surface area contributed by atoms with Crippen molar-refractivity contribution in [2.75, 3.05) is 11.4 Å². The van der Waals surface area contributed by atoms with Crippen molar-refractivity contribution in [2.24, 2.45) is 0 Å². The third kappa shape index (κ3) is 4.84. The molecule has 6 heteroatoms. The lowest BCUT2D eigenvalue weighted by Gasteiger charge is -2.26. The van der Waals surface area contributed by atoms with Gasteiger partial charge in [-0.05, 0) is 54.9 Å². The standard InChI is InChI=1S/C13H15BrClNO3/c1-13(2,3)19-12(18)16(6-7-17)11-5-4-9(15)8-10(11)14/h4-5,7-8H,6H2,1-3H3. The molecule has 4 nitrogen and oxygen atoms in total. The number of anilines is 1. The number of hydrogen-bond donors (Lipinski definition) is 0. The number of aldehydes is 1. The summed E-state index contributed by atoms with van der Waals surface area (Å²) < 4.78 is 5.88. The van der Waals surface area contributed by atoms with Crippen molar-refractivity contribution in [3.63, 3.8) is 0 Å². The Kier molecular flexibility index (Phi) is 5.38. The van der Waals surface area contributed by atoms with Crippen molar-refractivity contribution in [3.8, 4) is 0 Å². The Morgan fingerprint density at radius 2 is 2.11 bits per heavy atom. The Morgan fingerprint density at radius 3 is 2.58 bits per heavy atom. The molecule has 0 unspecified atom stereocenters. The Bertz CT molecular complexity index is 485. The predicted molar refractivity (Wildman–Crippen MR) is 78.8 cm³/mol. The second kappa shape index (κ2) is 6.39. The fourth-order valence-corrected chi connectivity index (χ4v) is 2.26. The van der Waals surface area contributed by atoms with Crippen LogP contribution in [0.15, 0.2) is 22.7 Å². The van der Waals surface area contributed by atoms with E-state index in [2.05, 4.69) is 15.9 Å². The first-order valence-corrected chi connectivity index (χ1v) is 6.81. The highest BCUT2D eigenvalue weighted by Gasteiger charge is 2.24. The molecule has 0 atom stereocenters. The van der Waals surface area contributed by atoms with E-state index in [-0.39, 0.29) is 6.54 Å². The van der Waals surface area contributed by atoms with Gasteiger partial charge in [0, 0.05) is 9.50 Å². The Labute approximate surface area is 125 Å². The molecular formula is C13H15BrClNO3. The van der Waals surface area contributed by atoms with Crippen LogP contribution in [0.25, 0.3) is 0 Å². The summed E-state index contributed by atoms with van der Waals surface area (Å²) in [6.45, 7) is 5.21. The Hall–Kier alpha value is -1.07. The molecular weight excluding hydrogens is 334 g/mol. The van der Waals surface area contributed by atoms with E-state index in [0.29, 0.717) is 21.5 Å². The molecule has 0 fully saturated rings. The summed E-state index contributed by atoms with van der Waals surface area (Å²) in [4.78, 5) is 24.1. The first-order chi connectivity index (χ1) is 8.74. The molecule has 0 N–H and O–H groups in total. The van der Waals surface area contributed by atoms with Crippen LogP contribution in [0, 0.1) is 0 Å². The lowest BCUT2D eigenvalue weighted by atomic mass is 10.2. The summed E-state index contributed by atoms with van der Waals surface area (Å²) in [5.74, 6) is 0. The second-order valence-electron chi connectivity index (χ2n) is 4.85. The number of nitrogens with zero attached hydrogens (tertiary/aromatic N) is 1. The molecule has 0 aliphatic heterocycles. The molecule has 1 rings (SSSR count). The highest BCUT2D eigenvalue weighted by atomic mass is 79.9. The van der Waals surface area contributed by atoms with Crippen LogP contribution in [0.3, 0.4) is 0 Å². The van der Waals surface area contributed by atoms with E-state index in [1.165, 1.54) is 4.90 Å². The molecule has 0 heterocycles. The minimum atomic E-state index is -0.628. The summed E-state index contributed by atoms with van der Waals surface area (Å²) >= 11 is 9.17. The minimum absolute atomic E-state index is 0.0881. The van der Waals surface area contributed by atoms with E-state index in [1.54, 1.807) is 39.0 Å².